The minimum atomic E-state index is 0.809. The minimum Gasteiger partial charge on any atom is -0.373 e. The summed E-state index contributed by atoms with van der Waals surface area (Å²) in [4.78, 5) is 8.71. The molecule has 7 heteroatoms. The van der Waals surface area contributed by atoms with E-state index in [1.165, 1.54) is 11.8 Å². The molecule has 0 aliphatic rings. The van der Waals surface area contributed by atoms with Crippen molar-refractivity contribution in [1.82, 2.24) is 24.6 Å². The molecule has 0 saturated carbocycles. The first-order chi connectivity index (χ1) is 10.3. The number of fused-ring (bicyclic) bond motifs is 1. The van der Waals surface area contributed by atoms with E-state index >= 15 is 0 Å². The second kappa shape index (κ2) is 6.09. The van der Waals surface area contributed by atoms with Gasteiger partial charge in [0.15, 0.2) is 5.65 Å². The van der Waals surface area contributed by atoms with Gasteiger partial charge in [-0.15, -0.1) is 10.2 Å². The summed E-state index contributed by atoms with van der Waals surface area (Å²) in [7, 11) is 1.88. The van der Waals surface area contributed by atoms with Crippen LogP contribution in [-0.2, 0) is 6.42 Å². The second-order valence-electron chi connectivity index (χ2n) is 4.52. The average molecular weight is 300 g/mol. The lowest BCUT2D eigenvalue weighted by Crippen LogP contribution is -2.02. The number of pyridine rings is 1. The zero-order valence-corrected chi connectivity index (χ0v) is 12.8. The summed E-state index contributed by atoms with van der Waals surface area (Å²) in [6.45, 7) is 2.15. The predicted octanol–water partition coefficient (Wildman–Crippen LogP) is 2.66. The van der Waals surface area contributed by atoms with Gasteiger partial charge in [-0.25, -0.2) is 9.97 Å². The number of nitrogens with zero attached hydrogens (tertiary/aromatic N) is 5. The molecule has 0 saturated heterocycles. The Morgan fingerprint density at radius 2 is 2.14 bits per heavy atom. The SMILES string of the molecule is CCCc1c(NC)ncnc1Sc1nnc2ccccn12. The molecule has 0 bridgehead atoms. The summed E-state index contributed by atoms with van der Waals surface area (Å²) in [6, 6.07) is 5.85. The predicted molar refractivity (Wildman–Crippen MR) is 82.7 cm³/mol. The highest BCUT2D eigenvalue weighted by Gasteiger charge is 2.14. The van der Waals surface area contributed by atoms with Crippen molar-refractivity contribution in [3.05, 3.63) is 36.3 Å². The Balaban J connectivity index is 2.01. The topological polar surface area (TPSA) is 68.0 Å². The summed E-state index contributed by atoms with van der Waals surface area (Å²) < 4.78 is 1.96. The van der Waals surface area contributed by atoms with Gasteiger partial charge in [-0.3, -0.25) is 4.40 Å². The van der Waals surface area contributed by atoms with Gasteiger partial charge in [0.25, 0.3) is 0 Å². The molecule has 1 N–H and O–H groups in total. The third-order valence-corrected chi connectivity index (χ3v) is 4.12. The molecule has 0 radical (unpaired) electrons. The Morgan fingerprint density at radius 1 is 1.24 bits per heavy atom. The maximum atomic E-state index is 4.42. The van der Waals surface area contributed by atoms with Gasteiger partial charge in [0, 0.05) is 18.8 Å². The molecular formula is C14H16N6S. The first kappa shape index (κ1) is 13.8. The fourth-order valence-electron chi connectivity index (χ4n) is 2.15. The monoisotopic (exact) mass is 300 g/mol. The summed E-state index contributed by atoms with van der Waals surface area (Å²) in [5, 5.41) is 13.3. The summed E-state index contributed by atoms with van der Waals surface area (Å²) in [6.07, 6.45) is 5.50. The maximum absolute atomic E-state index is 4.42. The molecule has 108 valence electrons. The molecule has 0 aromatic carbocycles. The molecule has 3 aromatic heterocycles. The smallest absolute Gasteiger partial charge is 0.201 e. The van der Waals surface area contributed by atoms with Crippen LogP contribution in [-0.4, -0.2) is 31.6 Å². The van der Waals surface area contributed by atoms with E-state index < -0.39 is 0 Å². The number of nitrogens with one attached hydrogen (secondary N) is 1. The fraction of sp³-hybridized carbons (Fsp3) is 0.286. The fourth-order valence-corrected chi connectivity index (χ4v) is 3.08. The lowest BCUT2D eigenvalue weighted by molar-refractivity contribution is 0.851. The van der Waals surface area contributed by atoms with Crippen molar-refractivity contribution < 1.29 is 0 Å². The lowest BCUT2D eigenvalue weighted by atomic mass is 10.2. The molecule has 0 fully saturated rings. The Kier molecular flexibility index (Phi) is 4.01. The first-order valence-corrected chi connectivity index (χ1v) is 7.64. The van der Waals surface area contributed by atoms with Crippen molar-refractivity contribution in [3.8, 4) is 0 Å². The van der Waals surface area contributed by atoms with E-state index in [-0.39, 0.29) is 0 Å². The van der Waals surface area contributed by atoms with Crippen LogP contribution in [0.25, 0.3) is 5.65 Å². The zero-order chi connectivity index (χ0) is 14.7. The Labute approximate surface area is 127 Å². The van der Waals surface area contributed by atoms with Crippen molar-refractivity contribution in [3.63, 3.8) is 0 Å². The molecule has 3 aromatic rings. The Bertz CT molecular complexity index is 754. The standard InChI is InChI=1S/C14H16N6S/c1-3-6-10-12(15-2)16-9-17-13(10)21-14-19-18-11-7-4-5-8-20(11)14/h4-5,7-9H,3,6H2,1-2H3,(H,15,16,17). The maximum Gasteiger partial charge on any atom is 0.201 e. The normalized spacial score (nSPS) is 11.0. The molecule has 0 aliphatic heterocycles. The van der Waals surface area contributed by atoms with Crippen LogP contribution in [0.4, 0.5) is 5.82 Å². The Hall–Kier alpha value is -2.15. The van der Waals surface area contributed by atoms with Gasteiger partial charge < -0.3 is 5.32 Å². The molecule has 6 nitrogen and oxygen atoms in total. The van der Waals surface area contributed by atoms with Crippen LogP contribution in [0.3, 0.4) is 0 Å². The molecule has 0 atom stereocenters. The summed E-state index contributed by atoms with van der Waals surface area (Å²) >= 11 is 1.52. The second-order valence-corrected chi connectivity index (χ2v) is 5.48. The molecule has 0 amide bonds. The number of hydrogen-bond donors (Lipinski definition) is 1. The van der Waals surface area contributed by atoms with Gasteiger partial charge in [-0.05, 0) is 30.3 Å². The number of aromatic nitrogens is 5. The van der Waals surface area contributed by atoms with Crippen molar-refractivity contribution >= 4 is 23.2 Å². The van der Waals surface area contributed by atoms with Crippen molar-refractivity contribution in [2.75, 3.05) is 12.4 Å². The molecular weight excluding hydrogens is 284 g/mol. The third kappa shape index (κ3) is 2.69. The van der Waals surface area contributed by atoms with Crippen LogP contribution >= 0.6 is 11.8 Å². The first-order valence-electron chi connectivity index (χ1n) is 6.82. The van der Waals surface area contributed by atoms with Crippen LogP contribution in [0, 0.1) is 0 Å². The van der Waals surface area contributed by atoms with Gasteiger partial charge >= 0.3 is 0 Å². The minimum absolute atomic E-state index is 0.809. The zero-order valence-electron chi connectivity index (χ0n) is 11.9. The molecule has 0 aliphatic carbocycles. The van der Waals surface area contributed by atoms with Crippen LogP contribution in [0.5, 0.6) is 0 Å². The van der Waals surface area contributed by atoms with E-state index in [4.69, 9.17) is 0 Å². The largest absolute Gasteiger partial charge is 0.373 e. The van der Waals surface area contributed by atoms with E-state index in [0.717, 1.165) is 40.1 Å². The van der Waals surface area contributed by atoms with Crippen LogP contribution in [0.1, 0.15) is 18.9 Å². The number of rotatable bonds is 5. The quantitative estimate of drug-likeness (QED) is 0.731. The van der Waals surface area contributed by atoms with Crippen molar-refractivity contribution in [2.24, 2.45) is 0 Å². The van der Waals surface area contributed by atoms with Crippen LogP contribution in [0.2, 0.25) is 0 Å². The van der Waals surface area contributed by atoms with Gasteiger partial charge in [-0.1, -0.05) is 19.4 Å². The number of hydrogen-bond acceptors (Lipinski definition) is 6. The summed E-state index contributed by atoms with van der Waals surface area (Å²) in [5.41, 5.74) is 1.96. The molecule has 3 heterocycles. The highest BCUT2D eigenvalue weighted by Crippen LogP contribution is 2.30. The lowest BCUT2D eigenvalue weighted by Gasteiger charge is -2.10. The van der Waals surface area contributed by atoms with Crippen LogP contribution < -0.4 is 5.32 Å². The molecule has 0 unspecified atom stereocenters. The van der Waals surface area contributed by atoms with Gasteiger partial charge in [0.05, 0.1) is 0 Å². The highest BCUT2D eigenvalue weighted by molar-refractivity contribution is 7.99. The molecule has 3 rings (SSSR count). The van der Waals surface area contributed by atoms with Crippen molar-refractivity contribution in [2.45, 2.75) is 29.9 Å². The molecule has 0 spiro atoms. The Morgan fingerprint density at radius 3 is 2.95 bits per heavy atom. The van der Waals surface area contributed by atoms with E-state index in [1.54, 1.807) is 6.33 Å². The summed E-state index contributed by atoms with van der Waals surface area (Å²) in [5.74, 6) is 0.878. The highest BCUT2D eigenvalue weighted by atomic mass is 32.2. The molecule has 21 heavy (non-hydrogen) atoms. The van der Waals surface area contributed by atoms with E-state index in [0.29, 0.717) is 0 Å². The van der Waals surface area contributed by atoms with Gasteiger partial charge in [-0.2, -0.15) is 0 Å². The van der Waals surface area contributed by atoms with E-state index in [2.05, 4.69) is 32.4 Å². The van der Waals surface area contributed by atoms with Crippen LogP contribution in [0.15, 0.2) is 40.9 Å². The third-order valence-electron chi connectivity index (χ3n) is 3.11. The van der Waals surface area contributed by atoms with Gasteiger partial charge in [0.1, 0.15) is 17.2 Å². The van der Waals surface area contributed by atoms with Gasteiger partial charge in [0.2, 0.25) is 5.16 Å². The van der Waals surface area contributed by atoms with Crippen molar-refractivity contribution in [1.29, 1.82) is 0 Å². The van der Waals surface area contributed by atoms with E-state index in [9.17, 15) is 0 Å². The van der Waals surface area contributed by atoms with E-state index in [1.807, 2.05) is 35.8 Å². The number of anilines is 1. The average Bonchev–Trinajstić information content (AvgIpc) is 2.92.